The Hall–Kier alpha value is -2.88. The fraction of sp³-hybridized carbons (Fsp3) is 0. The van der Waals surface area contributed by atoms with E-state index in [1.807, 2.05) is 24.3 Å². The second-order valence-electron chi connectivity index (χ2n) is 4.35. The molecule has 0 bridgehead atoms. The quantitative estimate of drug-likeness (QED) is 0.471. The van der Waals surface area contributed by atoms with Gasteiger partial charge in [-0.2, -0.15) is 0 Å². The molecule has 20 heavy (non-hydrogen) atoms. The monoisotopic (exact) mass is 268 g/mol. The molecule has 0 aliphatic heterocycles. The van der Waals surface area contributed by atoms with Crippen LogP contribution in [0, 0.1) is 0 Å². The number of hydrogen-bond acceptors (Lipinski definition) is 4. The number of rotatable bonds is 0. The molecule has 0 saturated heterocycles. The third-order valence-corrected chi connectivity index (χ3v) is 2.77. The van der Waals surface area contributed by atoms with Crippen LogP contribution in [0.1, 0.15) is 0 Å². The third-order valence-electron chi connectivity index (χ3n) is 2.77. The van der Waals surface area contributed by atoms with Gasteiger partial charge in [0.05, 0.1) is 0 Å². The molecule has 3 rings (SSSR count). The van der Waals surface area contributed by atoms with Crippen LogP contribution in [0.5, 0.6) is 11.5 Å². The zero-order valence-corrected chi connectivity index (χ0v) is 10.8. The lowest BCUT2D eigenvalue weighted by atomic mass is 10.1. The van der Waals surface area contributed by atoms with Crippen molar-refractivity contribution in [3.63, 3.8) is 0 Å². The summed E-state index contributed by atoms with van der Waals surface area (Å²) in [5.41, 5.74) is 12.4. The Morgan fingerprint density at radius 1 is 0.700 bits per heavy atom. The molecule has 0 spiro atoms. The van der Waals surface area contributed by atoms with Crippen molar-refractivity contribution in [1.29, 1.82) is 0 Å². The smallest absolute Gasteiger partial charge is 0.117 e. The lowest BCUT2D eigenvalue weighted by Gasteiger charge is -2.00. The second-order valence-corrected chi connectivity index (χ2v) is 4.35. The van der Waals surface area contributed by atoms with E-state index in [1.54, 1.807) is 30.3 Å². The highest BCUT2D eigenvalue weighted by molar-refractivity contribution is 5.93. The Morgan fingerprint density at radius 3 is 2.05 bits per heavy atom. The Morgan fingerprint density at radius 2 is 1.40 bits per heavy atom. The molecule has 0 fully saturated rings. The van der Waals surface area contributed by atoms with Crippen LogP contribution in [0.3, 0.4) is 0 Å². The summed E-state index contributed by atoms with van der Waals surface area (Å²) in [6.45, 7) is 0. The number of nitrogens with two attached hydrogens (primary N) is 2. The summed E-state index contributed by atoms with van der Waals surface area (Å²) >= 11 is 0. The van der Waals surface area contributed by atoms with E-state index in [-0.39, 0.29) is 11.5 Å². The molecule has 6 N–H and O–H groups in total. The molecule has 0 heterocycles. The van der Waals surface area contributed by atoms with Crippen molar-refractivity contribution in [2.45, 2.75) is 0 Å². The van der Waals surface area contributed by atoms with Crippen molar-refractivity contribution < 1.29 is 10.2 Å². The van der Waals surface area contributed by atoms with Gasteiger partial charge >= 0.3 is 0 Å². The first kappa shape index (κ1) is 13.5. The number of fused-ring (bicyclic) bond motifs is 1. The maximum absolute atomic E-state index is 9.18. The van der Waals surface area contributed by atoms with Gasteiger partial charge in [0.15, 0.2) is 0 Å². The van der Waals surface area contributed by atoms with E-state index in [0.29, 0.717) is 5.69 Å². The van der Waals surface area contributed by atoms with Gasteiger partial charge in [-0.1, -0.05) is 18.2 Å². The van der Waals surface area contributed by atoms with Crippen LogP contribution < -0.4 is 11.5 Å². The molecule has 0 amide bonds. The van der Waals surface area contributed by atoms with Crippen molar-refractivity contribution in [3.8, 4) is 11.5 Å². The first-order chi connectivity index (χ1) is 9.56. The largest absolute Gasteiger partial charge is 0.508 e. The van der Waals surface area contributed by atoms with E-state index >= 15 is 0 Å². The number of aromatic hydroxyl groups is 2. The maximum Gasteiger partial charge on any atom is 0.117 e. The fourth-order valence-electron chi connectivity index (χ4n) is 1.82. The highest BCUT2D eigenvalue weighted by atomic mass is 16.3. The molecule has 0 radical (unpaired) electrons. The minimum Gasteiger partial charge on any atom is -0.508 e. The molecule has 3 aromatic rings. The van der Waals surface area contributed by atoms with Gasteiger partial charge in [-0.05, 0) is 41.8 Å². The first-order valence-corrected chi connectivity index (χ1v) is 6.08. The van der Waals surface area contributed by atoms with E-state index in [0.717, 1.165) is 16.5 Å². The van der Waals surface area contributed by atoms with Crippen molar-refractivity contribution >= 4 is 22.1 Å². The number of anilines is 2. The fourth-order valence-corrected chi connectivity index (χ4v) is 1.82. The molecule has 0 atom stereocenters. The molecule has 0 aliphatic carbocycles. The zero-order valence-electron chi connectivity index (χ0n) is 10.8. The van der Waals surface area contributed by atoms with Crippen LogP contribution >= 0.6 is 0 Å². The van der Waals surface area contributed by atoms with Crippen LogP contribution in [0.4, 0.5) is 11.4 Å². The lowest BCUT2D eigenvalue weighted by molar-refractivity contribution is 0.475. The summed E-state index contributed by atoms with van der Waals surface area (Å²) in [6, 6.07) is 17.3. The molecular formula is C16H16N2O2. The van der Waals surface area contributed by atoms with Crippen LogP contribution in [0.15, 0.2) is 60.7 Å². The Kier molecular flexibility index (Phi) is 3.96. The number of hydrogen-bond donors (Lipinski definition) is 4. The van der Waals surface area contributed by atoms with Gasteiger partial charge < -0.3 is 21.7 Å². The topological polar surface area (TPSA) is 92.5 Å². The molecule has 0 aromatic heterocycles. The van der Waals surface area contributed by atoms with E-state index in [1.165, 1.54) is 6.07 Å². The SMILES string of the molecule is Nc1cccc(O)c1.Nc1cccc2cc(O)ccc12. The number of phenolic OH excluding ortho intramolecular Hbond substituents is 2. The summed E-state index contributed by atoms with van der Waals surface area (Å²) in [5, 5.41) is 19.9. The molecule has 0 unspecified atom stereocenters. The van der Waals surface area contributed by atoms with Gasteiger partial charge in [-0.3, -0.25) is 0 Å². The summed E-state index contributed by atoms with van der Waals surface area (Å²) in [6.07, 6.45) is 0. The van der Waals surface area contributed by atoms with Crippen molar-refractivity contribution in [3.05, 3.63) is 60.7 Å². The molecule has 4 heteroatoms. The van der Waals surface area contributed by atoms with Crippen LogP contribution in [0.2, 0.25) is 0 Å². The third kappa shape index (κ3) is 3.32. The van der Waals surface area contributed by atoms with Crippen molar-refractivity contribution in [2.75, 3.05) is 11.5 Å². The van der Waals surface area contributed by atoms with Crippen LogP contribution in [0.25, 0.3) is 10.8 Å². The normalized spacial score (nSPS) is 9.80. The summed E-state index contributed by atoms with van der Waals surface area (Å²) < 4.78 is 0. The Labute approximate surface area is 116 Å². The molecule has 0 aliphatic rings. The van der Waals surface area contributed by atoms with E-state index in [4.69, 9.17) is 16.6 Å². The molecule has 3 aromatic carbocycles. The molecule has 0 saturated carbocycles. The summed E-state index contributed by atoms with van der Waals surface area (Å²) in [7, 11) is 0. The summed E-state index contributed by atoms with van der Waals surface area (Å²) in [4.78, 5) is 0. The Balaban J connectivity index is 0.000000160. The zero-order chi connectivity index (χ0) is 14.5. The van der Waals surface area contributed by atoms with Crippen LogP contribution in [-0.2, 0) is 0 Å². The Bertz CT molecular complexity index is 709. The maximum atomic E-state index is 9.18. The minimum atomic E-state index is 0.213. The van der Waals surface area contributed by atoms with Crippen LogP contribution in [-0.4, -0.2) is 10.2 Å². The van der Waals surface area contributed by atoms with E-state index in [9.17, 15) is 5.11 Å². The molecular weight excluding hydrogens is 252 g/mol. The highest BCUT2D eigenvalue weighted by Crippen LogP contribution is 2.24. The number of nitrogen functional groups attached to an aromatic ring is 2. The van der Waals surface area contributed by atoms with Gasteiger partial charge in [0.1, 0.15) is 11.5 Å². The van der Waals surface area contributed by atoms with Gasteiger partial charge in [0, 0.05) is 22.8 Å². The number of phenols is 2. The van der Waals surface area contributed by atoms with Gasteiger partial charge in [-0.25, -0.2) is 0 Å². The predicted octanol–water partition coefficient (Wildman–Crippen LogP) is 3.10. The molecule has 102 valence electrons. The first-order valence-electron chi connectivity index (χ1n) is 6.08. The lowest BCUT2D eigenvalue weighted by Crippen LogP contribution is -1.85. The van der Waals surface area contributed by atoms with E-state index in [2.05, 4.69) is 0 Å². The number of benzene rings is 3. The van der Waals surface area contributed by atoms with Gasteiger partial charge in [-0.15, -0.1) is 0 Å². The second kappa shape index (κ2) is 5.84. The predicted molar refractivity (Wildman–Crippen MR) is 82.5 cm³/mol. The van der Waals surface area contributed by atoms with Crippen molar-refractivity contribution in [1.82, 2.24) is 0 Å². The summed E-state index contributed by atoms with van der Waals surface area (Å²) in [5.74, 6) is 0.484. The standard InChI is InChI=1S/C10H9NO.C6H7NO/c11-10-3-1-2-7-6-8(12)4-5-9(7)10;7-5-2-1-3-6(8)4-5/h1-6,12H,11H2;1-4,8H,7H2. The average molecular weight is 268 g/mol. The highest BCUT2D eigenvalue weighted by Gasteiger charge is 1.96. The van der Waals surface area contributed by atoms with Gasteiger partial charge in [0.2, 0.25) is 0 Å². The van der Waals surface area contributed by atoms with Crippen molar-refractivity contribution in [2.24, 2.45) is 0 Å². The minimum absolute atomic E-state index is 0.213. The average Bonchev–Trinajstić information content (AvgIpc) is 2.39. The molecule has 4 nitrogen and oxygen atoms in total. The van der Waals surface area contributed by atoms with E-state index < -0.39 is 0 Å². The van der Waals surface area contributed by atoms with Gasteiger partial charge in [0.25, 0.3) is 0 Å².